The summed E-state index contributed by atoms with van der Waals surface area (Å²) < 4.78 is 16.5. The summed E-state index contributed by atoms with van der Waals surface area (Å²) in [5, 5.41) is 2.07. The third-order valence-electron chi connectivity index (χ3n) is 7.77. The number of amides is 1. The molecule has 2 aromatic heterocycles. The molecule has 3 heterocycles. The Hall–Kier alpha value is -3.78. The Labute approximate surface area is 237 Å². The minimum atomic E-state index is -0.781. The van der Waals surface area contributed by atoms with Crippen molar-refractivity contribution in [2.75, 3.05) is 13.7 Å². The number of para-hydroxylation sites is 1. The number of esters is 1. The number of ether oxygens (including phenoxy) is 2. The van der Waals surface area contributed by atoms with Crippen molar-refractivity contribution in [1.29, 1.82) is 0 Å². The number of aryl methyl sites for hydroxylation is 1. The molecule has 4 aromatic rings. The van der Waals surface area contributed by atoms with Crippen LogP contribution in [0.2, 0.25) is 5.02 Å². The number of halogens is 1. The van der Waals surface area contributed by atoms with E-state index in [-0.39, 0.29) is 24.5 Å². The number of hydrogen-bond acceptors (Lipinski definition) is 6. The molecule has 0 unspecified atom stereocenters. The second kappa shape index (κ2) is 11.8. The maximum absolute atomic E-state index is 13.4. The van der Waals surface area contributed by atoms with Crippen molar-refractivity contribution < 1.29 is 23.5 Å². The number of aromatic amines is 1. The Kier molecular flexibility index (Phi) is 8.17. The molecule has 1 aliphatic heterocycles. The van der Waals surface area contributed by atoms with Crippen molar-refractivity contribution in [3.63, 3.8) is 0 Å². The molecule has 8 nitrogen and oxygen atoms in total. The SMILES string of the molecule is CCCCCCc1c(C)c2cc(Cl)c(OCC(=O)N3Cc4[nH]c5ccccc5c4C[C@H]3C(=O)OC)cc2oc1=O. The fraction of sp³-hybridized carbons (Fsp3) is 0.387. The number of nitrogens with zero attached hydrogens (tertiary/aromatic N) is 1. The van der Waals surface area contributed by atoms with Crippen LogP contribution in [0.5, 0.6) is 5.75 Å². The summed E-state index contributed by atoms with van der Waals surface area (Å²) in [6.07, 6.45) is 5.22. The van der Waals surface area contributed by atoms with Crippen molar-refractivity contribution in [3.8, 4) is 5.75 Å². The van der Waals surface area contributed by atoms with Crippen molar-refractivity contribution in [1.82, 2.24) is 9.88 Å². The third-order valence-corrected chi connectivity index (χ3v) is 8.06. The normalized spacial score (nSPS) is 14.9. The molecule has 0 fully saturated rings. The Morgan fingerprint density at radius 1 is 1.15 bits per heavy atom. The fourth-order valence-corrected chi connectivity index (χ4v) is 5.78. The zero-order valence-corrected chi connectivity index (χ0v) is 23.7. The van der Waals surface area contributed by atoms with Gasteiger partial charge in [0.2, 0.25) is 0 Å². The topological polar surface area (TPSA) is 102 Å². The van der Waals surface area contributed by atoms with Crippen LogP contribution in [0.3, 0.4) is 0 Å². The molecule has 0 aliphatic carbocycles. The first-order chi connectivity index (χ1) is 19.3. The predicted octanol–water partition coefficient (Wildman–Crippen LogP) is 5.86. The zero-order valence-electron chi connectivity index (χ0n) is 23.0. The average molecular weight is 565 g/mol. The van der Waals surface area contributed by atoms with Gasteiger partial charge in [-0.25, -0.2) is 9.59 Å². The molecular formula is C31H33ClN2O6. The Morgan fingerprint density at radius 3 is 2.73 bits per heavy atom. The number of benzene rings is 2. The van der Waals surface area contributed by atoms with E-state index in [0.717, 1.165) is 58.8 Å². The van der Waals surface area contributed by atoms with Crippen LogP contribution >= 0.6 is 11.6 Å². The van der Waals surface area contributed by atoms with Gasteiger partial charge in [0, 0.05) is 40.0 Å². The van der Waals surface area contributed by atoms with Crippen LogP contribution in [0.15, 0.2) is 45.6 Å². The number of aromatic nitrogens is 1. The molecule has 0 saturated heterocycles. The van der Waals surface area contributed by atoms with Crippen LogP contribution in [0.1, 0.15) is 55.0 Å². The van der Waals surface area contributed by atoms with Gasteiger partial charge in [-0.1, -0.05) is 56.0 Å². The summed E-state index contributed by atoms with van der Waals surface area (Å²) in [5.74, 6) is -0.662. The second-order valence-electron chi connectivity index (χ2n) is 10.3. The van der Waals surface area contributed by atoms with Gasteiger partial charge >= 0.3 is 11.6 Å². The number of methoxy groups -OCH3 is 1. The molecule has 1 atom stereocenters. The number of fused-ring (bicyclic) bond motifs is 4. The van der Waals surface area contributed by atoms with Crippen molar-refractivity contribution in [3.05, 3.63) is 74.2 Å². The highest BCUT2D eigenvalue weighted by atomic mass is 35.5. The maximum Gasteiger partial charge on any atom is 0.339 e. The molecule has 5 rings (SSSR count). The van der Waals surface area contributed by atoms with E-state index in [0.29, 0.717) is 29.0 Å². The summed E-state index contributed by atoms with van der Waals surface area (Å²) in [6.45, 7) is 3.91. The van der Waals surface area contributed by atoms with Gasteiger partial charge in [0.15, 0.2) is 6.61 Å². The number of carbonyl (C=O) groups excluding carboxylic acids is 2. The van der Waals surface area contributed by atoms with Crippen LogP contribution in [-0.4, -0.2) is 41.5 Å². The minimum absolute atomic E-state index is 0.215. The first-order valence-corrected chi connectivity index (χ1v) is 14.0. The predicted molar refractivity (Wildman–Crippen MR) is 154 cm³/mol. The summed E-state index contributed by atoms with van der Waals surface area (Å²) in [7, 11) is 1.31. The molecule has 0 spiro atoms. The summed E-state index contributed by atoms with van der Waals surface area (Å²) in [4.78, 5) is 43.6. The van der Waals surface area contributed by atoms with Crippen LogP contribution < -0.4 is 10.4 Å². The molecule has 1 N–H and O–H groups in total. The number of carbonyl (C=O) groups is 2. The van der Waals surface area contributed by atoms with Gasteiger partial charge in [0.05, 0.1) is 18.7 Å². The Bertz CT molecular complexity index is 1640. The summed E-state index contributed by atoms with van der Waals surface area (Å²) >= 11 is 6.55. The van der Waals surface area contributed by atoms with E-state index in [2.05, 4.69) is 11.9 Å². The van der Waals surface area contributed by atoms with Crippen LogP contribution in [0.25, 0.3) is 21.9 Å². The lowest BCUT2D eigenvalue weighted by Gasteiger charge is -2.33. The standard InChI is InChI=1S/C31H33ClN2O6/c1-4-5-6-7-10-19-18(2)21-13-23(32)28(15-27(21)40-30(19)36)39-17-29(35)34-16-25-22(14-26(34)31(37)38-3)20-11-8-9-12-24(20)33-25/h8-9,11-13,15,26,33H,4-7,10,14,16-17H2,1-3H3/t26-/m0/s1. The lowest BCUT2D eigenvalue weighted by atomic mass is 9.96. The first kappa shape index (κ1) is 27.8. The summed E-state index contributed by atoms with van der Waals surface area (Å²) in [5.41, 5.74) is 4.32. The van der Waals surface area contributed by atoms with Gasteiger partial charge in [-0.2, -0.15) is 0 Å². The molecule has 2 aromatic carbocycles. The van der Waals surface area contributed by atoms with Gasteiger partial charge in [-0.15, -0.1) is 0 Å². The van der Waals surface area contributed by atoms with E-state index < -0.39 is 17.9 Å². The number of unbranched alkanes of at least 4 members (excludes halogenated alkanes) is 3. The monoisotopic (exact) mass is 564 g/mol. The fourth-order valence-electron chi connectivity index (χ4n) is 5.56. The van der Waals surface area contributed by atoms with Crippen LogP contribution in [-0.2, 0) is 33.7 Å². The number of nitrogens with one attached hydrogen (secondary N) is 1. The molecule has 0 bridgehead atoms. The highest BCUT2D eigenvalue weighted by molar-refractivity contribution is 6.32. The minimum Gasteiger partial charge on any atom is -0.482 e. The smallest absolute Gasteiger partial charge is 0.339 e. The Morgan fingerprint density at radius 2 is 1.95 bits per heavy atom. The molecular weight excluding hydrogens is 532 g/mol. The summed E-state index contributed by atoms with van der Waals surface area (Å²) in [6, 6.07) is 10.3. The molecule has 40 heavy (non-hydrogen) atoms. The molecule has 0 radical (unpaired) electrons. The van der Waals surface area contributed by atoms with E-state index in [9.17, 15) is 14.4 Å². The number of H-pyrrole nitrogens is 1. The van der Waals surface area contributed by atoms with Crippen molar-refractivity contribution in [2.24, 2.45) is 0 Å². The quantitative estimate of drug-likeness (QED) is 0.155. The third kappa shape index (κ3) is 5.32. The van der Waals surface area contributed by atoms with Gasteiger partial charge in [0.1, 0.15) is 17.4 Å². The Balaban J connectivity index is 1.36. The highest BCUT2D eigenvalue weighted by Gasteiger charge is 2.37. The highest BCUT2D eigenvalue weighted by Crippen LogP contribution is 2.34. The first-order valence-electron chi connectivity index (χ1n) is 13.7. The largest absolute Gasteiger partial charge is 0.482 e. The lowest BCUT2D eigenvalue weighted by Crippen LogP contribution is -2.50. The van der Waals surface area contributed by atoms with Gasteiger partial charge in [-0.05, 0) is 43.0 Å². The molecule has 1 amide bonds. The van der Waals surface area contributed by atoms with E-state index in [4.69, 9.17) is 25.5 Å². The van der Waals surface area contributed by atoms with Gasteiger partial charge in [-0.3, -0.25) is 4.79 Å². The number of rotatable bonds is 9. The lowest BCUT2D eigenvalue weighted by molar-refractivity contribution is -0.154. The average Bonchev–Trinajstić information content (AvgIpc) is 3.32. The second-order valence-corrected chi connectivity index (χ2v) is 10.7. The van der Waals surface area contributed by atoms with Crippen LogP contribution in [0.4, 0.5) is 0 Å². The van der Waals surface area contributed by atoms with Crippen LogP contribution in [0, 0.1) is 6.92 Å². The molecule has 210 valence electrons. The van der Waals surface area contributed by atoms with E-state index in [1.54, 1.807) is 12.1 Å². The molecule has 0 saturated carbocycles. The van der Waals surface area contributed by atoms with E-state index >= 15 is 0 Å². The zero-order chi connectivity index (χ0) is 28.4. The molecule has 1 aliphatic rings. The van der Waals surface area contributed by atoms with Gasteiger partial charge in [0.25, 0.3) is 5.91 Å². The molecule has 9 heteroatoms. The van der Waals surface area contributed by atoms with E-state index in [1.807, 2.05) is 31.2 Å². The van der Waals surface area contributed by atoms with Crippen molar-refractivity contribution >= 4 is 45.3 Å². The number of hydrogen-bond donors (Lipinski definition) is 1. The van der Waals surface area contributed by atoms with Gasteiger partial charge < -0.3 is 23.8 Å². The van der Waals surface area contributed by atoms with E-state index in [1.165, 1.54) is 12.0 Å². The maximum atomic E-state index is 13.4. The van der Waals surface area contributed by atoms with Crippen molar-refractivity contribution in [2.45, 2.75) is 65.0 Å².